The van der Waals surface area contributed by atoms with Gasteiger partial charge in [-0.1, -0.05) is 53.0 Å². The number of halogens is 3. The third-order valence-electron chi connectivity index (χ3n) is 3.52. The lowest BCUT2D eigenvalue weighted by Gasteiger charge is -2.20. The van der Waals surface area contributed by atoms with Gasteiger partial charge >= 0.3 is 12.0 Å². The van der Waals surface area contributed by atoms with E-state index in [1.165, 1.54) is 12.4 Å². The number of aromatic nitrogens is 2. The summed E-state index contributed by atoms with van der Waals surface area (Å²) in [5.41, 5.74) is 1.39. The Morgan fingerprint density at radius 1 is 0.962 bits per heavy atom. The normalized spacial score (nSPS) is 11.8. The lowest BCUT2D eigenvalue weighted by Crippen LogP contribution is -2.12. The molecule has 0 aliphatic carbocycles. The molecule has 8 heteroatoms. The zero-order chi connectivity index (χ0) is 18.7. The molecule has 0 saturated carbocycles. The number of carboxylic acids is 1. The molecule has 3 aromatic rings. The molecule has 132 valence electrons. The van der Waals surface area contributed by atoms with Gasteiger partial charge in [-0.25, -0.2) is 14.8 Å². The molecule has 0 radical (unpaired) electrons. The zero-order valence-electron chi connectivity index (χ0n) is 13.1. The third-order valence-corrected chi connectivity index (χ3v) is 4.33. The molecule has 0 bridgehead atoms. The molecule has 0 amide bonds. The maximum atomic E-state index is 10.9. The van der Waals surface area contributed by atoms with Gasteiger partial charge in [0.1, 0.15) is 0 Å². The van der Waals surface area contributed by atoms with Crippen molar-refractivity contribution in [3.63, 3.8) is 0 Å². The summed E-state index contributed by atoms with van der Waals surface area (Å²) in [5, 5.41) is 10.4. The van der Waals surface area contributed by atoms with E-state index in [0.717, 1.165) is 5.56 Å². The molecule has 5 nitrogen and oxygen atoms in total. The summed E-state index contributed by atoms with van der Waals surface area (Å²) in [6, 6.07) is 12.1. The van der Waals surface area contributed by atoms with E-state index in [9.17, 15) is 4.79 Å². The van der Waals surface area contributed by atoms with Gasteiger partial charge in [0, 0.05) is 33.0 Å². The average Bonchev–Trinajstić information content (AvgIpc) is 2.61. The fourth-order valence-corrected chi connectivity index (χ4v) is 2.89. The van der Waals surface area contributed by atoms with Crippen LogP contribution in [0.1, 0.15) is 27.6 Å². The van der Waals surface area contributed by atoms with E-state index < -0.39 is 12.1 Å². The Hall–Kier alpha value is -2.34. The van der Waals surface area contributed by atoms with Crippen molar-refractivity contribution < 1.29 is 14.6 Å². The summed E-state index contributed by atoms with van der Waals surface area (Å²) in [7, 11) is 0. The number of aromatic carboxylic acids is 1. The standard InChI is InChI=1S/C18H11Cl3N2O3/c19-12-3-1-10(2-4-12)16(14-6-5-13(20)7-15(14)21)26-18-22-8-11(9-23-18)17(24)25/h1-9,16H,(H,24,25). The molecule has 1 heterocycles. The summed E-state index contributed by atoms with van der Waals surface area (Å²) in [4.78, 5) is 18.8. The smallest absolute Gasteiger partial charge is 0.338 e. The maximum absolute atomic E-state index is 10.9. The maximum Gasteiger partial charge on any atom is 0.338 e. The first-order chi connectivity index (χ1) is 12.4. The highest BCUT2D eigenvalue weighted by Crippen LogP contribution is 2.33. The van der Waals surface area contributed by atoms with Crippen LogP contribution >= 0.6 is 34.8 Å². The Balaban J connectivity index is 1.99. The topological polar surface area (TPSA) is 72.3 Å². The van der Waals surface area contributed by atoms with E-state index in [1.54, 1.807) is 42.5 Å². The van der Waals surface area contributed by atoms with Crippen molar-refractivity contribution in [2.75, 3.05) is 0 Å². The molecule has 0 saturated heterocycles. The number of carbonyl (C=O) groups is 1. The quantitative estimate of drug-likeness (QED) is 0.619. The predicted molar refractivity (Wildman–Crippen MR) is 99.4 cm³/mol. The molecule has 1 aromatic heterocycles. The van der Waals surface area contributed by atoms with Gasteiger partial charge in [0.2, 0.25) is 0 Å². The summed E-state index contributed by atoms with van der Waals surface area (Å²) in [6.07, 6.45) is 1.72. The molecule has 1 unspecified atom stereocenters. The number of carboxylic acid groups (broad SMARTS) is 1. The molecular weight excluding hydrogens is 399 g/mol. The molecule has 0 aliphatic rings. The predicted octanol–water partition coefficient (Wildman–Crippen LogP) is 5.30. The molecule has 0 spiro atoms. The highest BCUT2D eigenvalue weighted by atomic mass is 35.5. The van der Waals surface area contributed by atoms with Crippen LogP contribution in [0, 0.1) is 0 Å². The monoisotopic (exact) mass is 408 g/mol. The first kappa shape index (κ1) is 18.5. The van der Waals surface area contributed by atoms with Crippen LogP contribution in [0.4, 0.5) is 0 Å². The number of rotatable bonds is 5. The largest absolute Gasteiger partial charge is 0.478 e. The second kappa shape index (κ2) is 7.91. The number of hydrogen-bond acceptors (Lipinski definition) is 4. The molecule has 3 rings (SSSR count). The van der Waals surface area contributed by atoms with Crippen molar-refractivity contribution in [3.05, 3.63) is 86.6 Å². The number of ether oxygens (including phenoxy) is 1. The van der Waals surface area contributed by atoms with Crippen molar-refractivity contribution in [2.24, 2.45) is 0 Å². The van der Waals surface area contributed by atoms with Crippen LogP contribution in [-0.4, -0.2) is 21.0 Å². The van der Waals surface area contributed by atoms with Crippen LogP contribution in [0.5, 0.6) is 6.01 Å². The number of nitrogens with zero attached hydrogens (tertiary/aromatic N) is 2. The highest BCUT2D eigenvalue weighted by molar-refractivity contribution is 6.35. The first-order valence-corrected chi connectivity index (χ1v) is 8.50. The lowest BCUT2D eigenvalue weighted by molar-refractivity contribution is 0.0695. The molecule has 1 N–H and O–H groups in total. The Morgan fingerprint density at radius 3 is 2.15 bits per heavy atom. The Bertz CT molecular complexity index is 931. The number of hydrogen-bond donors (Lipinski definition) is 1. The lowest BCUT2D eigenvalue weighted by atomic mass is 10.0. The van der Waals surface area contributed by atoms with E-state index >= 15 is 0 Å². The SMILES string of the molecule is O=C(O)c1cnc(OC(c2ccc(Cl)cc2)c2ccc(Cl)cc2Cl)nc1. The fraction of sp³-hybridized carbons (Fsp3) is 0.0556. The number of benzene rings is 2. The second-order valence-corrected chi connectivity index (χ2v) is 6.55. The zero-order valence-corrected chi connectivity index (χ0v) is 15.3. The van der Waals surface area contributed by atoms with Crippen LogP contribution in [0.25, 0.3) is 0 Å². The van der Waals surface area contributed by atoms with Crippen molar-refractivity contribution in [2.45, 2.75) is 6.10 Å². The van der Waals surface area contributed by atoms with E-state index in [2.05, 4.69) is 9.97 Å². The van der Waals surface area contributed by atoms with Crippen LogP contribution in [-0.2, 0) is 0 Å². The minimum Gasteiger partial charge on any atom is -0.478 e. The van der Waals surface area contributed by atoms with Gasteiger partial charge in [0.25, 0.3) is 0 Å². The van der Waals surface area contributed by atoms with Crippen LogP contribution in [0.15, 0.2) is 54.9 Å². The molecular formula is C18H11Cl3N2O3. The summed E-state index contributed by atoms with van der Waals surface area (Å²) in [6.45, 7) is 0. The Labute approximate surface area is 164 Å². The van der Waals surface area contributed by atoms with Crippen molar-refractivity contribution >= 4 is 40.8 Å². The molecule has 1 atom stereocenters. The van der Waals surface area contributed by atoms with Gasteiger partial charge in [-0.3, -0.25) is 0 Å². The minimum absolute atomic E-state index is 0.0148. The van der Waals surface area contributed by atoms with Crippen LogP contribution in [0.3, 0.4) is 0 Å². The van der Waals surface area contributed by atoms with E-state index in [4.69, 9.17) is 44.6 Å². The van der Waals surface area contributed by atoms with Crippen molar-refractivity contribution in [3.8, 4) is 6.01 Å². The van der Waals surface area contributed by atoms with Gasteiger partial charge < -0.3 is 9.84 Å². The summed E-state index contributed by atoms with van der Waals surface area (Å²) < 4.78 is 5.90. The molecule has 2 aromatic carbocycles. The van der Waals surface area contributed by atoms with Crippen molar-refractivity contribution in [1.29, 1.82) is 0 Å². The third kappa shape index (κ3) is 4.25. The van der Waals surface area contributed by atoms with Crippen molar-refractivity contribution in [1.82, 2.24) is 9.97 Å². The van der Waals surface area contributed by atoms with Gasteiger partial charge in [-0.2, -0.15) is 0 Å². The van der Waals surface area contributed by atoms with E-state index in [0.29, 0.717) is 20.6 Å². The molecule has 0 fully saturated rings. The molecule has 26 heavy (non-hydrogen) atoms. The van der Waals surface area contributed by atoms with E-state index in [-0.39, 0.29) is 11.6 Å². The average molecular weight is 410 g/mol. The van der Waals surface area contributed by atoms with Gasteiger partial charge in [0.15, 0.2) is 6.10 Å². The van der Waals surface area contributed by atoms with Gasteiger partial charge in [-0.15, -0.1) is 0 Å². The Morgan fingerprint density at radius 2 is 1.58 bits per heavy atom. The second-order valence-electron chi connectivity index (χ2n) is 5.27. The van der Waals surface area contributed by atoms with Crippen LogP contribution < -0.4 is 4.74 Å². The van der Waals surface area contributed by atoms with E-state index in [1.807, 2.05) is 0 Å². The first-order valence-electron chi connectivity index (χ1n) is 7.36. The molecule has 0 aliphatic heterocycles. The highest BCUT2D eigenvalue weighted by Gasteiger charge is 2.21. The summed E-state index contributed by atoms with van der Waals surface area (Å²) >= 11 is 18.3. The van der Waals surface area contributed by atoms with Crippen LogP contribution in [0.2, 0.25) is 15.1 Å². The fourth-order valence-electron chi connectivity index (χ4n) is 2.26. The van der Waals surface area contributed by atoms with Gasteiger partial charge in [-0.05, 0) is 29.8 Å². The Kier molecular flexibility index (Phi) is 5.61. The van der Waals surface area contributed by atoms with Gasteiger partial charge in [0.05, 0.1) is 5.56 Å². The summed E-state index contributed by atoms with van der Waals surface area (Å²) in [5.74, 6) is -1.12. The minimum atomic E-state index is -1.12.